The van der Waals surface area contributed by atoms with Gasteiger partial charge < -0.3 is 20.5 Å². The van der Waals surface area contributed by atoms with E-state index >= 15 is 0 Å². The van der Waals surface area contributed by atoms with Crippen molar-refractivity contribution in [3.63, 3.8) is 0 Å². The lowest BCUT2D eigenvalue weighted by atomic mass is 10.1. The van der Waals surface area contributed by atoms with Crippen molar-refractivity contribution in [1.82, 2.24) is 0 Å². The van der Waals surface area contributed by atoms with Gasteiger partial charge in [-0.15, -0.1) is 0 Å². The van der Waals surface area contributed by atoms with Gasteiger partial charge in [-0.25, -0.2) is 0 Å². The number of benzene rings is 2. The number of rotatable bonds is 3. The molecular weight excluding hydrogens is 320 g/mol. The first kappa shape index (κ1) is 15.2. The molecule has 6 nitrogen and oxygen atoms in total. The van der Waals surface area contributed by atoms with Crippen molar-refractivity contribution < 1.29 is 19.1 Å². The number of nitrogens with two attached hydrogens (primary N) is 1. The summed E-state index contributed by atoms with van der Waals surface area (Å²) in [5.74, 6) is 0.00967. The number of hydrogen-bond acceptors (Lipinski definition) is 4. The smallest absolute Gasteiger partial charge is 0.255 e. The summed E-state index contributed by atoms with van der Waals surface area (Å²) in [4.78, 5) is 23.3. The number of anilines is 1. The van der Waals surface area contributed by atoms with Gasteiger partial charge in [0.05, 0.1) is 5.02 Å². The maximum Gasteiger partial charge on any atom is 0.255 e. The van der Waals surface area contributed by atoms with E-state index in [4.69, 9.17) is 26.8 Å². The van der Waals surface area contributed by atoms with Crippen LogP contribution in [-0.2, 0) is 0 Å². The number of hydrogen-bond donors (Lipinski definition) is 2. The van der Waals surface area contributed by atoms with Gasteiger partial charge in [0.15, 0.2) is 11.5 Å². The molecule has 0 spiro atoms. The molecule has 2 aromatic carbocycles. The highest BCUT2D eigenvalue weighted by molar-refractivity contribution is 6.32. The Kier molecular flexibility index (Phi) is 4.08. The van der Waals surface area contributed by atoms with Crippen LogP contribution in [0.2, 0.25) is 5.02 Å². The number of carbonyl (C=O) groups is 2. The highest BCUT2D eigenvalue weighted by atomic mass is 35.5. The molecule has 0 fully saturated rings. The van der Waals surface area contributed by atoms with Crippen molar-refractivity contribution in [3.8, 4) is 11.5 Å². The molecule has 3 rings (SSSR count). The first-order chi connectivity index (χ1) is 11.0. The minimum absolute atomic E-state index is 0.316. The normalized spacial score (nSPS) is 12.6. The average Bonchev–Trinajstić information content (AvgIpc) is 2.55. The molecule has 0 atom stereocenters. The van der Waals surface area contributed by atoms with E-state index in [1.807, 2.05) is 0 Å². The Morgan fingerprint density at radius 2 is 1.74 bits per heavy atom. The molecule has 23 heavy (non-hydrogen) atoms. The van der Waals surface area contributed by atoms with Crippen LogP contribution in [0.15, 0.2) is 36.4 Å². The molecule has 2 amide bonds. The third-order valence-electron chi connectivity index (χ3n) is 3.29. The van der Waals surface area contributed by atoms with Gasteiger partial charge in [0.25, 0.3) is 5.91 Å². The summed E-state index contributed by atoms with van der Waals surface area (Å²) in [5, 5.41) is 3.03. The molecule has 0 aliphatic carbocycles. The number of primary amides is 1. The summed E-state index contributed by atoms with van der Waals surface area (Å²) in [7, 11) is 0. The van der Waals surface area contributed by atoms with E-state index in [9.17, 15) is 9.59 Å². The molecule has 0 radical (unpaired) electrons. The number of ether oxygens (including phenoxy) is 2. The zero-order valence-corrected chi connectivity index (χ0v) is 12.7. The topological polar surface area (TPSA) is 90.7 Å². The summed E-state index contributed by atoms with van der Waals surface area (Å²) in [5.41, 5.74) is 6.42. The van der Waals surface area contributed by atoms with Gasteiger partial charge in [-0.1, -0.05) is 11.6 Å². The number of carbonyl (C=O) groups excluding carboxylic acids is 2. The van der Waals surface area contributed by atoms with Gasteiger partial charge in [0.2, 0.25) is 5.91 Å². The summed E-state index contributed by atoms with van der Waals surface area (Å²) >= 11 is 6.11. The molecule has 0 bridgehead atoms. The zero-order chi connectivity index (χ0) is 16.4. The van der Waals surface area contributed by atoms with E-state index in [-0.39, 0.29) is 5.91 Å². The highest BCUT2D eigenvalue weighted by Crippen LogP contribution is 2.38. The van der Waals surface area contributed by atoms with Crippen molar-refractivity contribution in [3.05, 3.63) is 52.5 Å². The standard InChI is InChI=1S/C16H13ClN2O4/c17-12-7-10(8-13-14(12)23-6-5-22-13)16(21)19-11-3-1-9(2-4-11)15(18)20/h1-4,7-8H,5-6H2,(H2,18,20)(H,19,21). The van der Waals surface area contributed by atoms with Gasteiger partial charge >= 0.3 is 0 Å². The van der Waals surface area contributed by atoms with Gasteiger partial charge in [0.1, 0.15) is 13.2 Å². The van der Waals surface area contributed by atoms with Crippen LogP contribution < -0.4 is 20.5 Å². The Bertz CT molecular complexity index is 774. The van der Waals surface area contributed by atoms with E-state index in [0.717, 1.165) is 0 Å². The molecule has 1 aliphatic heterocycles. The molecule has 118 valence electrons. The first-order valence-corrected chi connectivity index (χ1v) is 7.23. The van der Waals surface area contributed by atoms with Crippen LogP contribution in [0.5, 0.6) is 11.5 Å². The molecule has 7 heteroatoms. The molecule has 3 N–H and O–H groups in total. The molecule has 2 aromatic rings. The molecule has 1 aliphatic rings. The number of halogens is 1. The largest absolute Gasteiger partial charge is 0.486 e. The number of nitrogens with one attached hydrogen (secondary N) is 1. The maximum atomic E-state index is 12.3. The fourth-order valence-electron chi connectivity index (χ4n) is 2.16. The number of fused-ring (bicyclic) bond motifs is 1. The summed E-state index contributed by atoms with van der Waals surface area (Å²) in [6, 6.07) is 9.36. The Morgan fingerprint density at radius 1 is 1.04 bits per heavy atom. The van der Waals surface area contributed by atoms with E-state index < -0.39 is 5.91 Å². The van der Waals surface area contributed by atoms with E-state index in [0.29, 0.717) is 46.5 Å². The lowest BCUT2D eigenvalue weighted by Gasteiger charge is -2.20. The second-order valence-corrected chi connectivity index (χ2v) is 5.29. The van der Waals surface area contributed by atoms with Crippen LogP contribution in [-0.4, -0.2) is 25.0 Å². The lowest BCUT2D eigenvalue weighted by Crippen LogP contribution is -2.18. The molecule has 0 saturated heterocycles. The molecule has 1 heterocycles. The van der Waals surface area contributed by atoms with Crippen LogP contribution in [0.25, 0.3) is 0 Å². The van der Waals surface area contributed by atoms with E-state index in [1.165, 1.54) is 18.2 Å². The molecule has 0 saturated carbocycles. The monoisotopic (exact) mass is 332 g/mol. The second kappa shape index (κ2) is 6.18. The van der Waals surface area contributed by atoms with E-state index in [1.54, 1.807) is 18.2 Å². The first-order valence-electron chi connectivity index (χ1n) is 6.85. The second-order valence-electron chi connectivity index (χ2n) is 4.88. The van der Waals surface area contributed by atoms with Crippen LogP contribution in [0.1, 0.15) is 20.7 Å². The molecule has 0 aromatic heterocycles. The SMILES string of the molecule is NC(=O)c1ccc(NC(=O)c2cc(Cl)c3c(c2)OCCO3)cc1. The van der Waals surface area contributed by atoms with Crippen molar-refractivity contribution in [2.75, 3.05) is 18.5 Å². The third kappa shape index (κ3) is 3.22. The summed E-state index contributed by atoms with van der Waals surface area (Å²) in [6.45, 7) is 0.827. The quantitative estimate of drug-likeness (QED) is 0.903. The minimum atomic E-state index is -0.526. The van der Waals surface area contributed by atoms with E-state index in [2.05, 4.69) is 5.32 Å². The van der Waals surface area contributed by atoms with Crippen molar-refractivity contribution in [2.24, 2.45) is 5.73 Å². The van der Waals surface area contributed by atoms with Crippen molar-refractivity contribution in [1.29, 1.82) is 0 Å². The Hall–Kier alpha value is -2.73. The van der Waals surface area contributed by atoms with Crippen LogP contribution in [0.4, 0.5) is 5.69 Å². The van der Waals surface area contributed by atoms with Crippen LogP contribution >= 0.6 is 11.6 Å². The Balaban J connectivity index is 1.80. The maximum absolute atomic E-state index is 12.3. The predicted octanol–water partition coefficient (Wildman–Crippen LogP) is 2.46. The average molecular weight is 333 g/mol. The fraction of sp³-hybridized carbons (Fsp3) is 0.125. The lowest BCUT2D eigenvalue weighted by molar-refractivity contribution is 0.0998. The van der Waals surface area contributed by atoms with Crippen LogP contribution in [0, 0.1) is 0 Å². The fourth-order valence-corrected chi connectivity index (χ4v) is 2.43. The highest BCUT2D eigenvalue weighted by Gasteiger charge is 2.19. The minimum Gasteiger partial charge on any atom is -0.486 e. The van der Waals surface area contributed by atoms with Crippen LogP contribution in [0.3, 0.4) is 0 Å². The third-order valence-corrected chi connectivity index (χ3v) is 3.57. The molecule has 0 unspecified atom stereocenters. The Labute approximate surface area is 137 Å². The van der Waals surface area contributed by atoms with Crippen molar-refractivity contribution in [2.45, 2.75) is 0 Å². The zero-order valence-electron chi connectivity index (χ0n) is 12.0. The Morgan fingerprint density at radius 3 is 2.43 bits per heavy atom. The number of amides is 2. The van der Waals surface area contributed by atoms with Gasteiger partial charge in [-0.2, -0.15) is 0 Å². The van der Waals surface area contributed by atoms with Gasteiger partial charge in [-0.3, -0.25) is 9.59 Å². The van der Waals surface area contributed by atoms with Gasteiger partial charge in [-0.05, 0) is 36.4 Å². The summed E-state index contributed by atoms with van der Waals surface area (Å²) in [6.07, 6.45) is 0. The predicted molar refractivity (Wildman–Crippen MR) is 85.4 cm³/mol. The van der Waals surface area contributed by atoms with Gasteiger partial charge in [0, 0.05) is 16.8 Å². The molecular formula is C16H13ClN2O4. The summed E-state index contributed by atoms with van der Waals surface area (Å²) < 4.78 is 10.9. The van der Waals surface area contributed by atoms with Crippen molar-refractivity contribution >= 4 is 29.1 Å².